The van der Waals surface area contributed by atoms with Crippen LogP contribution in [0, 0.1) is 0 Å². The Bertz CT molecular complexity index is 316. The standard InChI is InChI=1S/C10H14Br2N2O/c1-2-8(6-15)13-5-10-9(12)3-7(11)4-14-10/h3-4,8,13,15H,2,5-6H2,1H3/t8-/m1/s1. The number of nitrogens with zero attached hydrogens (tertiary/aromatic N) is 1. The van der Waals surface area contributed by atoms with Gasteiger partial charge < -0.3 is 10.4 Å². The molecular weight excluding hydrogens is 324 g/mol. The minimum atomic E-state index is 0.141. The first-order valence-electron chi connectivity index (χ1n) is 4.81. The molecule has 2 N–H and O–H groups in total. The van der Waals surface area contributed by atoms with Crippen LogP contribution in [0.25, 0.3) is 0 Å². The summed E-state index contributed by atoms with van der Waals surface area (Å²) < 4.78 is 1.92. The highest BCUT2D eigenvalue weighted by Crippen LogP contribution is 2.19. The van der Waals surface area contributed by atoms with Crippen LogP contribution in [0.3, 0.4) is 0 Å². The molecule has 0 radical (unpaired) electrons. The van der Waals surface area contributed by atoms with Crippen LogP contribution in [0.15, 0.2) is 21.2 Å². The zero-order chi connectivity index (χ0) is 11.3. The smallest absolute Gasteiger partial charge is 0.0684 e. The van der Waals surface area contributed by atoms with Crippen LogP contribution in [0.1, 0.15) is 19.0 Å². The Balaban J connectivity index is 2.57. The summed E-state index contributed by atoms with van der Waals surface area (Å²) in [5, 5.41) is 12.3. The summed E-state index contributed by atoms with van der Waals surface area (Å²) in [7, 11) is 0. The summed E-state index contributed by atoms with van der Waals surface area (Å²) in [5.41, 5.74) is 0.949. The molecule has 1 aromatic heterocycles. The van der Waals surface area contributed by atoms with Crippen molar-refractivity contribution in [3.8, 4) is 0 Å². The van der Waals surface area contributed by atoms with Crippen molar-refractivity contribution < 1.29 is 5.11 Å². The molecule has 0 spiro atoms. The quantitative estimate of drug-likeness (QED) is 0.867. The van der Waals surface area contributed by atoms with Gasteiger partial charge in [-0.2, -0.15) is 0 Å². The minimum absolute atomic E-state index is 0.141. The lowest BCUT2D eigenvalue weighted by Gasteiger charge is -2.14. The maximum absolute atomic E-state index is 9.02. The summed E-state index contributed by atoms with van der Waals surface area (Å²) in [6, 6.07) is 2.10. The van der Waals surface area contributed by atoms with Gasteiger partial charge in [-0.1, -0.05) is 6.92 Å². The molecular formula is C10H14Br2N2O. The van der Waals surface area contributed by atoms with E-state index in [1.807, 2.05) is 13.0 Å². The first kappa shape index (κ1) is 13.1. The molecule has 1 rings (SSSR count). The summed E-state index contributed by atoms with van der Waals surface area (Å²) in [6.07, 6.45) is 2.67. The van der Waals surface area contributed by atoms with Crippen LogP contribution in [-0.4, -0.2) is 22.7 Å². The lowest BCUT2D eigenvalue weighted by atomic mass is 10.2. The van der Waals surface area contributed by atoms with Gasteiger partial charge in [-0.25, -0.2) is 0 Å². The Hall–Kier alpha value is 0.0300. The predicted molar refractivity (Wildman–Crippen MR) is 67.6 cm³/mol. The van der Waals surface area contributed by atoms with Crippen molar-refractivity contribution in [1.82, 2.24) is 10.3 Å². The second-order valence-electron chi connectivity index (χ2n) is 3.25. The van der Waals surface area contributed by atoms with E-state index in [4.69, 9.17) is 5.11 Å². The van der Waals surface area contributed by atoms with Crippen LogP contribution >= 0.6 is 31.9 Å². The van der Waals surface area contributed by atoms with Crippen molar-refractivity contribution in [3.63, 3.8) is 0 Å². The average molecular weight is 338 g/mol. The third kappa shape index (κ3) is 4.18. The zero-order valence-electron chi connectivity index (χ0n) is 8.50. The first-order chi connectivity index (χ1) is 7.17. The number of pyridine rings is 1. The largest absolute Gasteiger partial charge is 0.395 e. The summed E-state index contributed by atoms with van der Waals surface area (Å²) in [4.78, 5) is 4.28. The molecule has 0 unspecified atom stereocenters. The van der Waals surface area contributed by atoms with E-state index < -0.39 is 0 Å². The molecule has 0 saturated carbocycles. The summed E-state index contributed by atoms with van der Waals surface area (Å²) >= 11 is 6.80. The van der Waals surface area contributed by atoms with E-state index in [0.29, 0.717) is 6.54 Å². The molecule has 0 amide bonds. The molecule has 0 bridgehead atoms. The minimum Gasteiger partial charge on any atom is -0.395 e. The van der Waals surface area contributed by atoms with E-state index in [0.717, 1.165) is 21.1 Å². The van der Waals surface area contributed by atoms with Crippen molar-refractivity contribution in [2.24, 2.45) is 0 Å². The first-order valence-corrected chi connectivity index (χ1v) is 6.40. The van der Waals surface area contributed by atoms with Gasteiger partial charge in [-0.3, -0.25) is 4.98 Å². The maximum atomic E-state index is 9.02. The Kier molecular flexibility index (Phi) is 5.74. The normalized spacial score (nSPS) is 12.8. The average Bonchev–Trinajstić information content (AvgIpc) is 2.22. The van der Waals surface area contributed by atoms with Crippen molar-refractivity contribution in [2.45, 2.75) is 25.9 Å². The van der Waals surface area contributed by atoms with Crippen LogP contribution < -0.4 is 5.32 Å². The van der Waals surface area contributed by atoms with Gasteiger partial charge in [0.25, 0.3) is 0 Å². The Morgan fingerprint density at radius 2 is 2.27 bits per heavy atom. The van der Waals surface area contributed by atoms with Crippen LogP contribution in [-0.2, 0) is 6.54 Å². The molecule has 1 aromatic rings. The summed E-state index contributed by atoms with van der Waals surface area (Å²) in [5.74, 6) is 0. The number of hydrogen-bond acceptors (Lipinski definition) is 3. The highest BCUT2D eigenvalue weighted by Gasteiger charge is 2.06. The number of rotatable bonds is 5. The van der Waals surface area contributed by atoms with Crippen LogP contribution in [0.4, 0.5) is 0 Å². The Morgan fingerprint density at radius 1 is 1.53 bits per heavy atom. The van der Waals surface area contributed by atoms with Gasteiger partial charge in [0.15, 0.2) is 0 Å². The number of aromatic nitrogens is 1. The fraction of sp³-hybridized carbons (Fsp3) is 0.500. The SMILES string of the molecule is CC[C@H](CO)NCc1ncc(Br)cc1Br. The lowest BCUT2D eigenvalue weighted by Crippen LogP contribution is -2.31. The molecule has 0 aliphatic rings. The van der Waals surface area contributed by atoms with E-state index in [2.05, 4.69) is 42.2 Å². The fourth-order valence-electron chi connectivity index (χ4n) is 1.15. The summed E-state index contributed by atoms with van der Waals surface area (Å²) in [6.45, 7) is 2.86. The van der Waals surface area contributed by atoms with Crippen LogP contribution in [0.5, 0.6) is 0 Å². The molecule has 0 fully saturated rings. The molecule has 84 valence electrons. The zero-order valence-corrected chi connectivity index (χ0v) is 11.7. The topological polar surface area (TPSA) is 45.1 Å². The number of hydrogen-bond donors (Lipinski definition) is 2. The van der Waals surface area contributed by atoms with E-state index >= 15 is 0 Å². The predicted octanol–water partition coefficient (Wildman–Crippen LogP) is 2.47. The monoisotopic (exact) mass is 336 g/mol. The molecule has 1 atom stereocenters. The van der Waals surface area contributed by atoms with Gasteiger partial charge >= 0.3 is 0 Å². The molecule has 0 aromatic carbocycles. The van der Waals surface area contributed by atoms with Gasteiger partial charge in [0.05, 0.1) is 12.3 Å². The molecule has 0 aliphatic carbocycles. The van der Waals surface area contributed by atoms with E-state index in [1.165, 1.54) is 0 Å². The van der Waals surface area contributed by atoms with Gasteiger partial charge in [-0.05, 0) is 44.3 Å². The van der Waals surface area contributed by atoms with E-state index in [1.54, 1.807) is 6.20 Å². The molecule has 15 heavy (non-hydrogen) atoms. The van der Waals surface area contributed by atoms with Crippen molar-refractivity contribution in [1.29, 1.82) is 0 Å². The fourth-order valence-corrected chi connectivity index (χ4v) is 2.28. The highest BCUT2D eigenvalue weighted by atomic mass is 79.9. The number of aliphatic hydroxyl groups is 1. The second-order valence-corrected chi connectivity index (χ2v) is 5.02. The molecule has 3 nitrogen and oxygen atoms in total. The van der Waals surface area contributed by atoms with E-state index in [-0.39, 0.29) is 12.6 Å². The maximum Gasteiger partial charge on any atom is 0.0684 e. The van der Waals surface area contributed by atoms with Crippen molar-refractivity contribution in [3.05, 3.63) is 26.9 Å². The molecule has 1 heterocycles. The lowest BCUT2D eigenvalue weighted by molar-refractivity contribution is 0.238. The highest BCUT2D eigenvalue weighted by molar-refractivity contribution is 9.11. The number of nitrogens with one attached hydrogen (secondary N) is 1. The number of aliphatic hydroxyl groups excluding tert-OH is 1. The van der Waals surface area contributed by atoms with Crippen molar-refractivity contribution in [2.75, 3.05) is 6.61 Å². The van der Waals surface area contributed by atoms with Gasteiger partial charge in [-0.15, -0.1) is 0 Å². The third-order valence-electron chi connectivity index (χ3n) is 2.16. The third-order valence-corrected chi connectivity index (χ3v) is 3.28. The Morgan fingerprint density at radius 3 is 2.80 bits per heavy atom. The second kappa shape index (κ2) is 6.58. The number of halogens is 2. The van der Waals surface area contributed by atoms with E-state index in [9.17, 15) is 0 Å². The molecule has 0 saturated heterocycles. The molecule has 5 heteroatoms. The van der Waals surface area contributed by atoms with Gasteiger partial charge in [0, 0.05) is 27.7 Å². The van der Waals surface area contributed by atoms with Gasteiger partial charge in [0.2, 0.25) is 0 Å². The van der Waals surface area contributed by atoms with Gasteiger partial charge in [0.1, 0.15) is 0 Å². The Labute approximate surface area is 107 Å². The molecule has 0 aliphatic heterocycles. The van der Waals surface area contributed by atoms with Crippen LogP contribution in [0.2, 0.25) is 0 Å². The van der Waals surface area contributed by atoms with Crippen molar-refractivity contribution >= 4 is 31.9 Å².